The van der Waals surface area contributed by atoms with E-state index in [2.05, 4.69) is 55.4 Å². The zero-order valence-electron chi connectivity index (χ0n) is 16.2. The van der Waals surface area contributed by atoms with E-state index >= 15 is 0 Å². The zero-order valence-corrected chi connectivity index (χ0v) is 16.2. The fraction of sp³-hybridized carbons (Fsp3) is 0.286. The van der Waals surface area contributed by atoms with Gasteiger partial charge in [-0.1, -0.05) is 18.2 Å². The maximum absolute atomic E-state index is 5.24. The maximum Gasteiger partial charge on any atom is 0.247 e. The summed E-state index contributed by atoms with van der Waals surface area (Å²) in [5.41, 5.74) is 3.39. The third-order valence-electron chi connectivity index (χ3n) is 4.96. The van der Waals surface area contributed by atoms with Crippen molar-refractivity contribution < 1.29 is 4.74 Å². The Morgan fingerprint density at radius 2 is 1.64 bits per heavy atom. The number of aromatic nitrogens is 3. The maximum atomic E-state index is 5.24. The van der Waals surface area contributed by atoms with Crippen molar-refractivity contribution in [2.75, 3.05) is 48.4 Å². The number of hydrogen-bond donors (Lipinski definition) is 1. The number of hydrogen-bond acceptors (Lipinski definition) is 7. The van der Waals surface area contributed by atoms with E-state index in [1.165, 1.54) is 5.69 Å². The Balaban J connectivity index is 1.41. The number of nitrogens with one attached hydrogen (secondary N) is 1. The lowest BCUT2D eigenvalue weighted by Crippen LogP contribution is -2.47. The first-order valence-electron chi connectivity index (χ1n) is 9.39. The molecule has 2 heterocycles. The molecule has 1 N–H and O–H groups in total. The topological polar surface area (TPSA) is 66.4 Å². The number of anilines is 4. The molecule has 1 fully saturated rings. The first-order valence-corrected chi connectivity index (χ1v) is 9.39. The standard InChI is InChI=1S/C21H24N6O/c1-16-5-3-4-6-19(16)23-20-15-22-25-21(24-20)27-13-11-26(12-14-27)17-7-9-18(28-2)10-8-17/h3-10,15H,11-14H2,1-2H3,(H,23,24,25). The summed E-state index contributed by atoms with van der Waals surface area (Å²) in [4.78, 5) is 9.20. The summed E-state index contributed by atoms with van der Waals surface area (Å²) in [6.45, 7) is 5.58. The minimum atomic E-state index is 0.660. The Kier molecular flexibility index (Phi) is 5.23. The van der Waals surface area contributed by atoms with Crippen LogP contribution in [0.1, 0.15) is 5.56 Å². The molecule has 1 aromatic heterocycles. The van der Waals surface area contributed by atoms with Crippen LogP contribution in [0.4, 0.5) is 23.1 Å². The molecule has 2 aromatic carbocycles. The summed E-state index contributed by atoms with van der Waals surface area (Å²) < 4.78 is 5.24. The van der Waals surface area contributed by atoms with Crippen LogP contribution in [-0.4, -0.2) is 48.5 Å². The van der Waals surface area contributed by atoms with Crippen molar-refractivity contribution >= 4 is 23.1 Å². The number of aryl methyl sites for hydroxylation is 1. The van der Waals surface area contributed by atoms with Gasteiger partial charge in [-0.15, -0.1) is 5.10 Å². The Labute approximate surface area is 165 Å². The number of methoxy groups -OCH3 is 1. The molecule has 0 aliphatic carbocycles. The van der Waals surface area contributed by atoms with Crippen LogP contribution in [0, 0.1) is 6.92 Å². The molecular weight excluding hydrogens is 352 g/mol. The van der Waals surface area contributed by atoms with Crippen molar-refractivity contribution in [3.63, 3.8) is 0 Å². The predicted octanol–water partition coefficient (Wildman–Crippen LogP) is 3.26. The van der Waals surface area contributed by atoms with E-state index in [0.29, 0.717) is 11.8 Å². The smallest absolute Gasteiger partial charge is 0.247 e. The highest BCUT2D eigenvalue weighted by Crippen LogP contribution is 2.23. The van der Waals surface area contributed by atoms with E-state index in [1.807, 2.05) is 30.3 Å². The summed E-state index contributed by atoms with van der Waals surface area (Å²) in [6.07, 6.45) is 1.66. The largest absolute Gasteiger partial charge is 0.497 e. The van der Waals surface area contributed by atoms with E-state index < -0.39 is 0 Å². The fourth-order valence-electron chi connectivity index (χ4n) is 3.30. The average Bonchev–Trinajstić information content (AvgIpc) is 2.76. The van der Waals surface area contributed by atoms with Gasteiger partial charge in [0.05, 0.1) is 13.3 Å². The summed E-state index contributed by atoms with van der Waals surface area (Å²) in [7, 11) is 1.68. The Morgan fingerprint density at radius 1 is 0.929 bits per heavy atom. The van der Waals surface area contributed by atoms with Gasteiger partial charge in [-0.05, 0) is 42.8 Å². The number of ether oxygens (including phenoxy) is 1. The van der Waals surface area contributed by atoms with E-state index in [-0.39, 0.29) is 0 Å². The first kappa shape index (κ1) is 18.0. The number of nitrogens with zero attached hydrogens (tertiary/aromatic N) is 5. The summed E-state index contributed by atoms with van der Waals surface area (Å²) >= 11 is 0. The van der Waals surface area contributed by atoms with Crippen LogP contribution < -0.4 is 19.9 Å². The molecule has 0 atom stereocenters. The second kappa shape index (κ2) is 8.12. The van der Waals surface area contributed by atoms with Gasteiger partial charge < -0.3 is 19.9 Å². The van der Waals surface area contributed by atoms with Crippen LogP contribution in [0.2, 0.25) is 0 Å². The van der Waals surface area contributed by atoms with Gasteiger partial charge in [-0.2, -0.15) is 10.1 Å². The van der Waals surface area contributed by atoms with Gasteiger partial charge >= 0.3 is 0 Å². The van der Waals surface area contributed by atoms with Gasteiger partial charge in [-0.25, -0.2) is 0 Å². The number of para-hydroxylation sites is 1. The lowest BCUT2D eigenvalue weighted by Gasteiger charge is -2.36. The molecule has 0 bridgehead atoms. The molecule has 0 radical (unpaired) electrons. The van der Waals surface area contributed by atoms with Crippen LogP contribution in [0.25, 0.3) is 0 Å². The highest BCUT2D eigenvalue weighted by Gasteiger charge is 2.20. The predicted molar refractivity (Wildman–Crippen MR) is 112 cm³/mol. The molecule has 7 nitrogen and oxygen atoms in total. The van der Waals surface area contributed by atoms with Crippen molar-refractivity contribution in [3.05, 3.63) is 60.3 Å². The van der Waals surface area contributed by atoms with Crippen LogP contribution >= 0.6 is 0 Å². The normalized spacial score (nSPS) is 14.1. The van der Waals surface area contributed by atoms with Crippen molar-refractivity contribution in [2.24, 2.45) is 0 Å². The quantitative estimate of drug-likeness (QED) is 0.733. The molecule has 0 unspecified atom stereocenters. The first-order chi connectivity index (χ1) is 13.7. The third-order valence-corrected chi connectivity index (χ3v) is 4.96. The van der Waals surface area contributed by atoms with Crippen molar-refractivity contribution in [2.45, 2.75) is 6.92 Å². The molecule has 28 heavy (non-hydrogen) atoms. The van der Waals surface area contributed by atoms with E-state index in [4.69, 9.17) is 4.74 Å². The molecule has 3 aromatic rings. The Morgan fingerprint density at radius 3 is 2.36 bits per heavy atom. The lowest BCUT2D eigenvalue weighted by molar-refractivity contribution is 0.415. The van der Waals surface area contributed by atoms with Gasteiger partial charge in [0, 0.05) is 37.6 Å². The van der Waals surface area contributed by atoms with Crippen molar-refractivity contribution in [3.8, 4) is 5.75 Å². The fourth-order valence-corrected chi connectivity index (χ4v) is 3.30. The van der Waals surface area contributed by atoms with Crippen LogP contribution in [0.3, 0.4) is 0 Å². The van der Waals surface area contributed by atoms with E-state index in [0.717, 1.165) is 43.2 Å². The van der Waals surface area contributed by atoms with Gasteiger partial charge in [0.25, 0.3) is 0 Å². The minimum Gasteiger partial charge on any atom is -0.497 e. The molecule has 144 valence electrons. The number of benzene rings is 2. The molecule has 0 spiro atoms. The van der Waals surface area contributed by atoms with Gasteiger partial charge in [0.15, 0.2) is 5.82 Å². The zero-order chi connectivity index (χ0) is 19.3. The second-order valence-electron chi connectivity index (χ2n) is 6.75. The van der Waals surface area contributed by atoms with Crippen LogP contribution in [0.15, 0.2) is 54.7 Å². The lowest BCUT2D eigenvalue weighted by atomic mass is 10.2. The Bertz CT molecular complexity index is 922. The molecule has 7 heteroatoms. The highest BCUT2D eigenvalue weighted by atomic mass is 16.5. The SMILES string of the molecule is COc1ccc(N2CCN(c3nncc(Nc4ccccc4C)n3)CC2)cc1. The summed E-state index contributed by atoms with van der Waals surface area (Å²) in [6, 6.07) is 16.3. The Hall–Kier alpha value is -3.35. The number of rotatable bonds is 5. The van der Waals surface area contributed by atoms with Gasteiger partial charge in [0.1, 0.15) is 5.75 Å². The second-order valence-corrected chi connectivity index (χ2v) is 6.75. The molecule has 0 saturated carbocycles. The average molecular weight is 376 g/mol. The molecule has 1 saturated heterocycles. The van der Waals surface area contributed by atoms with E-state index in [1.54, 1.807) is 13.3 Å². The van der Waals surface area contributed by atoms with Crippen LogP contribution in [0.5, 0.6) is 5.75 Å². The highest BCUT2D eigenvalue weighted by molar-refractivity contribution is 5.60. The molecular formula is C21H24N6O. The summed E-state index contributed by atoms with van der Waals surface area (Å²) in [5, 5.41) is 11.7. The summed E-state index contributed by atoms with van der Waals surface area (Å²) in [5.74, 6) is 2.24. The molecule has 1 aliphatic rings. The van der Waals surface area contributed by atoms with Crippen molar-refractivity contribution in [1.82, 2.24) is 15.2 Å². The van der Waals surface area contributed by atoms with Gasteiger partial charge in [0.2, 0.25) is 5.95 Å². The monoisotopic (exact) mass is 376 g/mol. The number of piperazine rings is 1. The van der Waals surface area contributed by atoms with Crippen molar-refractivity contribution in [1.29, 1.82) is 0 Å². The molecule has 0 amide bonds. The third kappa shape index (κ3) is 3.98. The molecule has 1 aliphatic heterocycles. The minimum absolute atomic E-state index is 0.660. The van der Waals surface area contributed by atoms with Crippen LogP contribution in [-0.2, 0) is 0 Å². The van der Waals surface area contributed by atoms with Gasteiger partial charge in [-0.3, -0.25) is 0 Å². The molecule has 4 rings (SSSR count). The van der Waals surface area contributed by atoms with E-state index in [9.17, 15) is 0 Å².